The standard InChI is InChI=1S/C16H11FO2/c17-15-8-5-13(6-9-15)16(19)10-7-12-3-1-2-4-14(12)11-18/h1-11H/b10-7+. The van der Waals surface area contributed by atoms with Gasteiger partial charge in [0.25, 0.3) is 0 Å². The van der Waals surface area contributed by atoms with E-state index >= 15 is 0 Å². The van der Waals surface area contributed by atoms with Gasteiger partial charge in [0.05, 0.1) is 0 Å². The first kappa shape index (κ1) is 12.9. The highest BCUT2D eigenvalue weighted by molar-refractivity contribution is 6.07. The summed E-state index contributed by atoms with van der Waals surface area (Å²) in [7, 11) is 0. The van der Waals surface area contributed by atoms with E-state index in [-0.39, 0.29) is 11.6 Å². The van der Waals surface area contributed by atoms with Crippen molar-refractivity contribution in [2.45, 2.75) is 0 Å². The number of carbonyl (C=O) groups is 2. The molecule has 0 aromatic heterocycles. The molecule has 0 amide bonds. The molecule has 0 spiro atoms. The fraction of sp³-hybridized carbons (Fsp3) is 0. The summed E-state index contributed by atoms with van der Waals surface area (Å²) in [6, 6.07) is 12.3. The number of aldehydes is 1. The number of rotatable bonds is 4. The van der Waals surface area contributed by atoms with Gasteiger partial charge in [0.15, 0.2) is 12.1 Å². The highest BCUT2D eigenvalue weighted by Gasteiger charge is 2.02. The minimum atomic E-state index is -0.383. The summed E-state index contributed by atoms with van der Waals surface area (Å²) >= 11 is 0. The molecule has 0 saturated heterocycles. The van der Waals surface area contributed by atoms with Crippen LogP contribution in [0.25, 0.3) is 6.08 Å². The number of hydrogen-bond acceptors (Lipinski definition) is 2. The van der Waals surface area contributed by atoms with E-state index in [0.717, 1.165) is 6.29 Å². The van der Waals surface area contributed by atoms with Crippen LogP contribution in [0.2, 0.25) is 0 Å². The van der Waals surface area contributed by atoms with Gasteiger partial charge in [-0.25, -0.2) is 4.39 Å². The summed E-state index contributed by atoms with van der Waals surface area (Å²) in [5.41, 5.74) is 1.60. The van der Waals surface area contributed by atoms with Gasteiger partial charge >= 0.3 is 0 Å². The zero-order valence-electron chi connectivity index (χ0n) is 10.0. The van der Waals surface area contributed by atoms with Crippen LogP contribution >= 0.6 is 0 Å². The van der Waals surface area contributed by atoms with Crippen LogP contribution in [0.15, 0.2) is 54.6 Å². The highest BCUT2D eigenvalue weighted by atomic mass is 19.1. The monoisotopic (exact) mass is 254 g/mol. The van der Waals surface area contributed by atoms with Crippen molar-refractivity contribution in [2.75, 3.05) is 0 Å². The van der Waals surface area contributed by atoms with Crippen molar-refractivity contribution in [1.82, 2.24) is 0 Å². The summed E-state index contributed by atoms with van der Waals surface area (Å²) < 4.78 is 12.7. The smallest absolute Gasteiger partial charge is 0.185 e. The van der Waals surface area contributed by atoms with Crippen LogP contribution in [-0.4, -0.2) is 12.1 Å². The summed E-state index contributed by atoms with van der Waals surface area (Å²) in [5, 5.41) is 0. The molecule has 3 heteroatoms. The third kappa shape index (κ3) is 3.22. The second-order valence-corrected chi connectivity index (χ2v) is 3.95. The van der Waals surface area contributed by atoms with Crippen LogP contribution in [0.3, 0.4) is 0 Å². The van der Waals surface area contributed by atoms with Gasteiger partial charge in [-0.2, -0.15) is 0 Å². The number of benzene rings is 2. The Hall–Kier alpha value is -2.55. The Morgan fingerprint density at radius 1 is 0.947 bits per heavy atom. The molecule has 2 rings (SSSR count). The van der Waals surface area contributed by atoms with Crippen molar-refractivity contribution in [3.05, 3.63) is 77.1 Å². The topological polar surface area (TPSA) is 34.1 Å². The maximum absolute atomic E-state index is 12.7. The first-order valence-corrected chi connectivity index (χ1v) is 5.73. The first-order chi connectivity index (χ1) is 9.20. The molecule has 0 bridgehead atoms. The van der Waals surface area contributed by atoms with Gasteiger partial charge < -0.3 is 0 Å². The van der Waals surface area contributed by atoms with E-state index in [1.807, 2.05) is 0 Å². The minimum absolute atomic E-state index is 0.235. The summed E-state index contributed by atoms with van der Waals surface area (Å²) in [5.74, 6) is -0.618. The second kappa shape index (κ2) is 5.87. The molecule has 94 valence electrons. The van der Waals surface area contributed by atoms with Crippen molar-refractivity contribution < 1.29 is 14.0 Å². The lowest BCUT2D eigenvalue weighted by Gasteiger charge is -1.98. The van der Waals surface area contributed by atoms with E-state index in [2.05, 4.69) is 0 Å². The molecule has 0 N–H and O–H groups in total. The maximum Gasteiger partial charge on any atom is 0.185 e. The van der Waals surface area contributed by atoms with E-state index < -0.39 is 0 Å². The number of carbonyl (C=O) groups excluding carboxylic acids is 2. The van der Waals surface area contributed by atoms with Crippen LogP contribution in [0.4, 0.5) is 4.39 Å². The lowest BCUT2D eigenvalue weighted by molar-refractivity contribution is 0.104. The predicted molar refractivity (Wildman–Crippen MR) is 71.6 cm³/mol. The van der Waals surface area contributed by atoms with E-state index in [1.165, 1.54) is 30.3 Å². The minimum Gasteiger partial charge on any atom is -0.298 e. The molecule has 2 aromatic rings. The van der Waals surface area contributed by atoms with E-state index in [4.69, 9.17) is 0 Å². The average Bonchev–Trinajstić information content (AvgIpc) is 2.45. The summed E-state index contributed by atoms with van der Waals surface area (Å²) in [6.07, 6.45) is 3.69. The van der Waals surface area contributed by atoms with Crippen LogP contribution in [0, 0.1) is 5.82 Å². The highest BCUT2D eigenvalue weighted by Crippen LogP contribution is 2.10. The fourth-order valence-electron chi connectivity index (χ4n) is 1.65. The molecule has 0 aliphatic rings. The molecule has 0 saturated carbocycles. The largest absolute Gasteiger partial charge is 0.298 e. The van der Waals surface area contributed by atoms with Gasteiger partial charge in [-0.1, -0.05) is 30.3 Å². The molecule has 0 heterocycles. The van der Waals surface area contributed by atoms with E-state index in [9.17, 15) is 14.0 Å². The number of allylic oxidation sites excluding steroid dienone is 1. The molecule has 0 aliphatic carbocycles. The quantitative estimate of drug-likeness (QED) is 0.475. The average molecular weight is 254 g/mol. The number of ketones is 1. The van der Waals surface area contributed by atoms with Gasteiger partial charge in [-0.15, -0.1) is 0 Å². The zero-order chi connectivity index (χ0) is 13.7. The van der Waals surface area contributed by atoms with Crippen LogP contribution < -0.4 is 0 Å². The fourth-order valence-corrected chi connectivity index (χ4v) is 1.65. The van der Waals surface area contributed by atoms with Crippen molar-refractivity contribution in [1.29, 1.82) is 0 Å². The molecule has 0 aliphatic heterocycles. The van der Waals surface area contributed by atoms with Crippen molar-refractivity contribution in [3.63, 3.8) is 0 Å². The third-order valence-electron chi connectivity index (χ3n) is 2.67. The van der Waals surface area contributed by atoms with Gasteiger partial charge in [0, 0.05) is 11.1 Å². The maximum atomic E-state index is 12.7. The Balaban J connectivity index is 2.20. The molecule has 0 unspecified atom stereocenters. The normalized spacial score (nSPS) is 10.6. The predicted octanol–water partition coefficient (Wildman–Crippen LogP) is 3.53. The molecular weight excluding hydrogens is 243 g/mol. The molecule has 0 atom stereocenters. The Bertz CT molecular complexity index is 627. The Morgan fingerprint density at radius 3 is 2.21 bits per heavy atom. The molecule has 2 aromatic carbocycles. The Kier molecular flexibility index (Phi) is 3.98. The van der Waals surface area contributed by atoms with Crippen molar-refractivity contribution >= 4 is 18.1 Å². The first-order valence-electron chi connectivity index (χ1n) is 5.73. The Labute approximate surface area is 110 Å². The van der Waals surface area contributed by atoms with E-state index in [0.29, 0.717) is 16.7 Å². The van der Waals surface area contributed by atoms with Crippen LogP contribution in [0.5, 0.6) is 0 Å². The van der Waals surface area contributed by atoms with Crippen LogP contribution in [-0.2, 0) is 0 Å². The lowest BCUT2D eigenvalue weighted by Crippen LogP contribution is -1.94. The molecule has 0 radical (unpaired) electrons. The lowest BCUT2D eigenvalue weighted by atomic mass is 10.1. The number of hydrogen-bond donors (Lipinski definition) is 0. The number of halogens is 1. The van der Waals surface area contributed by atoms with Crippen molar-refractivity contribution in [3.8, 4) is 0 Å². The van der Waals surface area contributed by atoms with E-state index in [1.54, 1.807) is 30.3 Å². The van der Waals surface area contributed by atoms with Crippen LogP contribution in [0.1, 0.15) is 26.3 Å². The molecule has 19 heavy (non-hydrogen) atoms. The third-order valence-corrected chi connectivity index (χ3v) is 2.67. The van der Waals surface area contributed by atoms with Gasteiger partial charge in [-0.05, 0) is 35.9 Å². The second-order valence-electron chi connectivity index (χ2n) is 3.95. The molecule has 2 nitrogen and oxygen atoms in total. The summed E-state index contributed by atoms with van der Waals surface area (Å²) in [6.45, 7) is 0. The Morgan fingerprint density at radius 2 is 1.58 bits per heavy atom. The van der Waals surface area contributed by atoms with Gasteiger partial charge in [-0.3, -0.25) is 9.59 Å². The zero-order valence-corrected chi connectivity index (χ0v) is 10.0. The molecular formula is C16H11FO2. The van der Waals surface area contributed by atoms with Gasteiger partial charge in [0.1, 0.15) is 5.82 Å². The van der Waals surface area contributed by atoms with Crippen molar-refractivity contribution in [2.24, 2.45) is 0 Å². The van der Waals surface area contributed by atoms with Gasteiger partial charge in [0.2, 0.25) is 0 Å². The molecule has 0 fully saturated rings. The summed E-state index contributed by atoms with van der Waals surface area (Å²) in [4.78, 5) is 22.7. The SMILES string of the molecule is O=Cc1ccccc1/C=C/C(=O)c1ccc(F)cc1.